The lowest BCUT2D eigenvalue weighted by atomic mass is 9.93. The second kappa shape index (κ2) is 9.92. The molecule has 0 saturated carbocycles. The number of aromatic nitrogens is 2. The van der Waals surface area contributed by atoms with Crippen molar-refractivity contribution in [1.82, 2.24) is 25.1 Å². The summed E-state index contributed by atoms with van der Waals surface area (Å²) < 4.78 is 2.17. The van der Waals surface area contributed by atoms with Gasteiger partial charge in [0.15, 0.2) is 5.96 Å². The van der Waals surface area contributed by atoms with Crippen LogP contribution in [0.2, 0.25) is 0 Å². The maximum atomic E-state index is 12.2. The lowest BCUT2D eigenvalue weighted by molar-refractivity contribution is -0.119. The van der Waals surface area contributed by atoms with Crippen LogP contribution in [0.3, 0.4) is 0 Å². The van der Waals surface area contributed by atoms with Gasteiger partial charge >= 0.3 is 0 Å². The molecule has 7 nitrogen and oxygen atoms in total. The largest absolute Gasteiger partial charge is 0.357 e. The number of hydrogen-bond acceptors (Lipinski definition) is 3. The van der Waals surface area contributed by atoms with Crippen molar-refractivity contribution in [2.75, 3.05) is 26.2 Å². The molecule has 1 aromatic heterocycles. The Balaban J connectivity index is 1.59. The van der Waals surface area contributed by atoms with Gasteiger partial charge < -0.3 is 20.1 Å². The van der Waals surface area contributed by atoms with Gasteiger partial charge in [0.2, 0.25) is 5.91 Å². The van der Waals surface area contributed by atoms with E-state index in [0.29, 0.717) is 18.5 Å². The first-order valence-corrected chi connectivity index (χ1v) is 9.98. The number of carbonyl (C=O) groups excluding carboxylic acids is 1. The van der Waals surface area contributed by atoms with Gasteiger partial charge in [-0.15, -0.1) is 0 Å². The van der Waals surface area contributed by atoms with E-state index in [1.165, 1.54) is 0 Å². The summed E-state index contributed by atoms with van der Waals surface area (Å²) in [6, 6.07) is 10.3. The quantitative estimate of drug-likeness (QED) is 0.592. The number of imidazole rings is 1. The Morgan fingerprint density at radius 2 is 2.11 bits per heavy atom. The summed E-state index contributed by atoms with van der Waals surface area (Å²) in [4.78, 5) is 23.3. The Bertz CT molecular complexity index is 758. The molecule has 1 aromatic carbocycles. The first-order valence-electron chi connectivity index (χ1n) is 9.98. The number of amides is 1. The van der Waals surface area contributed by atoms with Crippen LogP contribution in [-0.4, -0.2) is 52.5 Å². The molecule has 1 aliphatic heterocycles. The Hall–Kier alpha value is -2.83. The van der Waals surface area contributed by atoms with Crippen molar-refractivity contribution in [3.63, 3.8) is 0 Å². The third kappa shape index (κ3) is 5.34. The van der Waals surface area contributed by atoms with E-state index in [1.807, 2.05) is 56.0 Å². The molecule has 28 heavy (non-hydrogen) atoms. The molecule has 1 saturated heterocycles. The van der Waals surface area contributed by atoms with Gasteiger partial charge in [-0.05, 0) is 24.8 Å². The summed E-state index contributed by atoms with van der Waals surface area (Å²) in [5.41, 5.74) is 1.08. The van der Waals surface area contributed by atoms with Crippen molar-refractivity contribution in [2.24, 2.45) is 10.9 Å². The Morgan fingerprint density at radius 3 is 2.82 bits per heavy atom. The van der Waals surface area contributed by atoms with Crippen molar-refractivity contribution in [3.05, 3.63) is 54.6 Å². The first kappa shape index (κ1) is 19.9. The molecule has 150 valence electrons. The minimum atomic E-state index is -0.0733. The molecule has 0 aliphatic carbocycles. The fraction of sp³-hybridized carbons (Fsp3) is 0.476. The maximum absolute atomic E-state index is 12.2. The van der Waals surface area contributed by atoms with E-state index in [-0.39, 0.29) is 12.5 Å². The first-order chi connectivity index (χ1) is 13.7. The van der Waals surface area contributed by atoms with Crippen LogP contribution in [-0.2, 0) is 11.3 Å². The smallest absolute Gasteiger partial charge is 0.242 e. The van der Waals surface area contributed by atoms with Gasteiger partial charge in [0.1, 0.15) is 6.54 Å². The normalized spacial score (nSPS) is 20.1. The molecular formula is C21H30N6O. The Morgan fingerprint density at radius 1 is 1.29 bits per heavy atom. The number of nitrogens with zero attached hydrogens (tertiary/aromatic N) is 4. The number of carbonyl (C=O) groups is 1. The minimum Gasteiger partial charge on any atom is -0.357 e. The van der Waals surface area contributed by atoms with Crippen LogP contribution in [0.4, 0.5) is 0 Å². The van der Waals surface area contributed by atoms with Gasteiger partial charge in [-0.2, -0.15) is 0 Å². The number of aliphatic imine (C=N–C) groups is 1. The summed E-state index contributed by atoms with van der Waals surface area (Å²) >= 11 is 0. The van der Waals surface area contributed by atoms with E-state index in [9.17, 15) is 4.79 Å². The number of nitrogens with one attached hydrogen (secondary N) is 2. The number of piperidine rings is 1. The van der Waals surface area contributed by atoms with Crippen LogP contribution in [0, 0.1) is 5.92 Å². The fourth-order valence-electron chi connectivity index (χ4n) is 3.52. The molecule has 0 bridgehead atoms. The lowest BCUT2D eigenvalue weighted by Crippen LogP contribution is -2.49. The van der Waals surface area contributed by atoms with Crippen molar-refractivity contribution >= 4 is 11.9 Å². The highest BCUT2D eigenvalue weighted by Crippen LogP contribution is 2.27. The number of likely N-dealkylation sites (tertiary alicyclic amines) is 1. The highest BCUT2D eigenvalue weighted by atomic mass is 16.1. The van der Waals surface area contributed by atoms with Crippen LogP contribution in [0.15, 0.2) is 54.0 Å². The van der Waals surface area contributed by atoms with Crippen molar-refractivity contribution in [2.45, 2.75) is 32.9 Å². The molecule has 1 aliphatic rings. The molecule has 1 fully saturated rings. The summed E-state index contributed by atoms with van der Waals surface area (Å²) in [5, 5.41) is 6.27. The molecule has 2 heterocycles. The van der Waals surface area contributed by atoms with E-state index in [0.717, 1.165) is 37.6 Å². The zero-order valence-corrected chi connectivity index (χ0v) is 16.7. The highest BCUT2D eigenvalue weighted by molar-refractivity contribution is 5.85. The Kier molecular flexibility index (Phi) is 7.06. The van der Waals surface area contributed by atoms with Gasteiger partial charge in [-0.25, -0.2) is 9.98 Å². The van der Waals surface area contributed by atoms with Gasteiger partial charge in [0.05, 0.1) is 12.4 Å². The van der Waals surface area contributed by atoms with Gasteiger partial charge in [0, 0.05) is 38.6 Å². The van der Waals surface area contributed by atoms with Crippen LogP contribution >= 0.6 is 0 Å². The molecule has 2 N–H and O–H groups in total. The molecule has 2 atom stereocenters. The second-order valence-corrected chi connectivity index (χ2v) is 7.22. The predicted octanol–water partition coefficient (Wildman–Crippen LogP) is 2.05. The van der Waals surface area contributed by atoms with Crippen LogP contribution in [0.1, 0.15) is 31.9 Å². The zero-order chi connectivity index (χ0) is 19.8. The molecule has 0 spiro atoms. The lowest BCUT2D eigenvalue weighted by Gasteiger charge is -2.39. The van der Waals surface area contributed by atoms with Crippen molar-refractivity contribution in [1.29, 1.82) is 0 Å². The number of hydrogen-bond donors (Lipinski definition) is 2. The number of guanidine groups is 1. The molecule has 1 amide bonds. The molecule has 2 aromatic rings. The van der Waals surface area contributed by atoms with E-state index in [1.54, 1.807) is 0 Å². The van der Waals surface area contributed by atoms with Crippen molar-refractivity contribution in [3.8, 4) is 0 Å². The summed E-state index contributed by atoms with van der Waals surface area (Å²) in [6.45, 7) is 7.53. The third-order valence-corrected chi connectivity index (χ3v) is 5.17. The van der Waals surface area contributed by atoms with Gasteiger partial charge in [-0.3, -0.25) is 4.79 Å². The number of rotatable bonds is 6. The number of benzene rings is 1. The molecule has 7 heteroatoms. The SMILES string of the molecule is CCNC(=NCC(=O)NCc1ccccc1)N1CCC(C)C(n2ccnc2)C1. The van der Waals surface area contributed by atoms with Gasteiger partial charge in [0.25, 0.3) is 0 Å². The third-order valence-electron chi connectivity index (χ3n) is 5.17. The fourth-order valence-corrected chi connectivity index (χ4v) is 3.52. The summed E-state index contributed by atoms with van der Waals surface area (Å²) in [6.07, 6.45) is 6.80. The monoisotopic (exact) mass is 382 g/mol. The molecule has 3 rings (SSSR count). The maximum Gasteiger partial charge on any atom is 0.242 e. The zero-order valence-electron chi connectivity index (χ0n) is 16.7. The average Bonchev–Trinajstić information content (AvgIpc) is 3.25. The topological polar surface area (TPSA) is 74.6 Å². The van der Waals surface area contributed by atoms with E-state index < -0.39 is 0 Å². The highest BCUT2D eigenvalue weighted by Gasteiger charge is 2.28. The minimum absolute atomic E-state index is 0.0733. The molecule has 2 unspecified atom stereocenters. The van der Waals surface area contributed by atoms with E-state index in [4.69, 9.17) is 0 Å². The Labute approximate surface area is 166 Å². The molecular weight excluding hydrogens is 352 g/mol. The summed E-state index contributed by atoms with van der Waals surface area (Å²) in [5.74, 6) is 1.30. The summed E-state index contributed by atoms with van der Waals surface area (Å²) in [7, 11) is 0. The predicted molar refractivity (Wildman–Crippen MR) is 111 cm³/mol. The van der Waals surface area contributed by atoms with Crippen LogP contribution in [0.5, 0.6) is 0 Å². The average molecular weight is 383 g/mol. The second-order valence-electron chi connectivity index (χ2n) is 7.22. The van der Waals surface area contributed by atoms with E-state index >= 15 is 0 Å². The van der Waals surface area contributed by atoms with E-state index in [2.05, 4.69) is 37.0 Å². The van der Waals surface area contributed by atoms with Crippen LogP contribution < -0.4 is 10.6 Å². The standard InChI is InChI=1S/C21H30N6O/c1-3-23-21(25-14-20(28)24-13-18-7-5-4-6-8-18)26-11-9-17(2)19(15-26)27-12-10-22-16-27/h4-8,10,12,16-17,19H,3,9,11,13-15H2,1-2H3,(H,23,25)(H,24,28). The van der Waals surface area contributed by atoms with Crippen LogP contribution in [0.25, 0.3) is 0 Å². The van der Waals surface area contributed by atoms with Crippen molar-refractivity contribution < 1.29 is 4.79 Å². The molecule has 0 radical (unpaired) electrons. The van der Waals surface area contributed by atoms with Gasteiger partial charge in [-0.1, -0.05) is 37.3 Å².